The summed E-state index contributed by atoms with van der Waals surface area (Å²) in [6.45, 7) is 6.93. The Balaban J connectivity index is 1.43. The van der Waals surface area contributed by atoms with E-state index in [4.69, 9.17) is 19.3 Å². The Labute approximate surface area is 225 Å². The average Bonchev–Trinajstić information content (AvgIpc) is 3.19. The highest BCUT2D eigenvalue weighted by atomic mass is 32.2. The van der Waals surface area contributed by atoms with Crippen molar-refractivity contribution in [1.82, 2.24) is 0 Å². The van der Waals surface area contributed by atoms with Gasteiger partial charge in [-0.05, 0) is 79.8 Å². The molecule has 0 amide bonds. The van der Waals surface area contributed by atoms with Crippen molar-refractivity contribution < 1.29 is 32.2 Å². The lowest BCUT2D eigenvalue weighted by Gasteiger charge is -2.59. The molecular weight excluding hydrogens is 506 g/mol. The summed E-state index contributed by atoms with van der Waals surface area (Å²) in [5.41, 5.74) is 1.21. The van der Waals surface area contributed by atoms with E-state index in [1.165, 1.54) is 31.9 Å². The number of methoxy groups -OCH3 is 2. The Morgan fingerprint density at radius 1 is 1.05 bits per heavy atom. The first-order chi connectivity index (χ1) is 17.8. The molecule has 5 rings (SSSR count). The number of esters is 1. The van der Waals surface area contributed by atoms with Crippen molar-refractivity contribution in [3.05, 3.63) is 29.3 Å². The van der Waals surface area contributed by atoms with Crippen LogP contribution in [0.15, 0.2) is 28.7 Å². The van der Waals surface area contributed by atoms with Crippen LogP contribution in [-0.2, 0) is 19.6 Å². The molecule has 2 N–H and O–H groups in total. The second-order valence-electron chi connectivity index (χ2n) is 12.3. The number of carbonyl (C=O) groups excluding carboxylic acids is 2. The van der Waals surface area contributed by atoms with Crippen molar-refractivity contribution in [2.24, 2.45) is 39.6 Å². The van der Waals surface area contributed by atoms with Crippen molar-refractivity contribution in [3.8, 4) is 11.5 Å². The maximum atomic E-state index is 13.5. The fourth-order valence-electron chi connectivity index (χ4n) is 8.50. The van der Waals surface area contributed by atoms with Crippen molar-refractivity contribution in [3.63, 3.8) is 0 Å². The van der Waals surface area contributed by atoms with E-state index < -0.39 is 16.0 Å². The Morgan fingerprint density at radius 2 is 1.79 bits per heavy atom. The number of hydrogen-bond acceptors (Lipinski definition) is 7. The standard InChI is InChI=1S/C29H39NO7S/c1-16-12-17-13-18(31)8-10-28(17,2)22-9-11-29(3)21(25(16)22)6-7-24(29)37-27(32)20-14-19(38(30,33)34)15-23(35-4)26(20)36-5/h13-16,21-22,24-25H,6-12H2,1-5H3,(H2,30,33,34)/t16-,21?,22?,24+,25?,28+,29+/m1/s1. The number of carbonyl (C=O) groups is 2. The molecule has 0 saturated heterocycles. The van der Waals surface area contributed by atoms with Gasteiger partial charge in [-0.2, -0.15) is 0 Å². The van der Waals surface area contributed by atoms with Gasteiger partial charge in [0.1, 0.15) is 11.7 Å². The number of sulfonamides is 1. The van der Waals surface area contributed by atoms with E-state index in [0.29, 0.717) is 30.1 Å². The zero-order valence-corrected chi connectivity index (χ0v) is 23.7. The van der Waals surface area contributed by atoms with Gasteiger partial charge in [-0.15, -0.1) is 0 Å². The third-order valence-electron chi connectivity index (χ3n) is 10.5. The number of ether oxygens (including phenoxy) is 3. The van der Waals surface area contributed by atoms with E-state index in [1.807, 2.05) is 6.08 Å². The molecule has 0 aliphatic heterocycles. The number of allylic oxidation sites excluding steroid dienone is 1. The van der Waals surface area contributed by atoms with Crippen molar-refractivity contribution >= 4 is 21.8 Å². The van der Waals surface area contributed by atoms with Crippen LogP contribution >= 0.6 is 0 Å². The lowest BCUT2D eigenvalue weighted by Crippen LogP contribution is -2.54. The van der Waals surface area contributed by atoms with Gasteiger partial charge in [0, 0.05) is 17.9 Å². The molecule has 3 fully saturated rings. The van der Waals surface area contributed by atoms with Crippen LogP contribution in [0, 0.1) is 34.5 Å². The zero-order valence-electron chi connectivity index (χ0n) is 22.9. The van der Waals surface area contributed by atoms with Gasteiger partial charge in [0.2, 0.25) is 10.0 Å². The second-order valence-corrected chi connectivity index (χ2v) is 13.9. The smallest absolute Gasteiger partial charge is 0.342 e. The maximum Gasteiger partial charge on any atom is 0.342 e. The molecule has 9 heteroatoms. The second kappa shape index (κ2) is 9.37. The van der Waals surface area contributed by atoms with Crippen LogP contribution in [0.3, 0.4) is 0 Å². The van der Waals surface area contributed by atoms with Crippen LogP contribution in [0.25, 0.3) is 0 Å². The molecule has 208 valence electrons. The zero-order chi connectivity index (χ0) is 27.6. The van der Waals surface area contributed by atoms with Crippen LogP contribution < -0.4 is 14.6 Å². The first kappa shape index (κ1) is 27.2. The summed E-state index contributed by atoms with van der Waals surface area (Å²) in [5.74, 6) is 1.74. The number of benzene rings is 1. The van der Waals surface area contributed by atoms with E-state index in [0.717, 1.165) is 38.5 Å². The highest BCUT2D eigenvalue weighted by Crippen LogP contribution is 2.67. The maximum absolute atomic E-state index is 13.5. The summed E-state index contributed by atoms with van der Waals surface area (Å²) >= 11 is 0. The highest BCUT2D eigenvalue weighted by Gasteiger charge is 2.61. The molecule has 1 aromatic carbocycles. The SMILES string of the molecule is COc1cc(S(N)(=O)=O)cc(C(=O)O[C@H]2CCC3C4C(CC[C@@]32C)[C@@]2(C)CCC(=O)C=C2C[C@H]4C)c1OC. The van der Waals surface area contributed by atoms with Crippen LogP contribution in [0.4, 0.5) is 0 Å². The quantitative estimate of drug-likeness (QED) is 0.534. The monoisotopic (exact) mass is 545 g/mol. The number of nitrogens with two attached hydrogens (primary N) is 1. The number of fused-ring (bicyclic) bond motifs is 5. The third-order valence-corrected chi connectivity index (χ3v) is 11.4. The fourth-order valence-corrected chi connectivity index (χ4v) is 9.05. The van der Waals surface area contributed by atoms with Gasteiger partial charge in [-0.25, -0.2) is 18.4 Å². The van der Waals surface area contributed by atoms with Crippen LogP contribution in [-0.4, -0.2) is 40.5 Å². The third kappa shape index (κ3) is 4.17. The van der Waals surface area contributed by atoms with E-state index in [1.54, 1.807) is 0 Å². The van der Waals surface area contributed by atoms with Gasteiger partial charge in [-0.3, -0.25) is 4.79 Å². The van der Waals surface area contributed by atoms with Crippen LogP contribution in [0.5, 0.6) is 11.5 Å². The van der Waals surface area contributed by atoms with Crippen LogP contribution in [0.1, 0.15) is 76.1 Å². The predicted octanol–water partition coefficient (Wildman–Crippen LogP) is 4.65. The molecule has 38 heavy (non-hydrogen) atoms. The summed E-state index contributed by atoms with van der Waals surface area (Å²) in [6.07, 6.45) is 7.87. The lowest BCUT2D eigenvalue weighted by molar-refractivity contribution is -0.119. The average molecular weight is 546 g/mol. The van der Waals surface area contributed by atoms with Gasteiger partial charge >= 0.3 is 5.97 Å². The topological polar surface area (TPSA) is 122 Å². The molecule has 4 aliphatic carbocycles. The van der Waals surface area contributed by atoms with Gasteiger partial charge < -0.3 is 14.2 Å². The Kier molecular flexibility index (Phi) is 6.70. The summed E-state index contributed by atoms with van der Waals surface area (Å²) in [4.78, 5) is 25.5. The number of rotatable bonds is 5. The number of ketones is 1. The van der Waals surface area contributed by atoms with Gasteiger partial charge in [0.15, 0.2) is 17.3 Å². The van der Waals surface area contributed by atoms with E-state index in [9.17, 15) is 18.0 Å². The van der Waals surface area contributed by atoms with Gasteiger partial charge in [0.05, 0.1) is 19.1 Å². The molecule has 0 aromatic heterocycles. The minimum atomic E-state index is -4.08. The largest absolute Gasteiger partial charge is 0.493 e. The summed E-state index contributed by atoms with van der Waals surface area (Å²) in [5, 5.41) is 5.35. The minimum Gasteiger partial charge on any atom is -0.493 e. The molecule has 7 atom stereocenters. The van der Waals surface area contributed by atoms with Gasteiger partial charge in [0.25, 0.3) is 0 Å². The molecule has 8 nitrogen and oxygen atoms in total. The Hall–Kier alpha value is -2.39. The predicted molar refractivity (Wildman–Crippen MR) is 141 cm³/mol. The Morgan fingerprint density at radius 3 is 2.45 bits per heavy atom. The molecule has 3 saturated carbocycles. The minimum absolute atomic E-state index is 0.0168. The Bertz CT molecular complexity index is 1300. The van der Waals surface area contributed by atoms with Crippen molar-refractivity contribution in [2.75, 3.05) is 14.2 Å². The molecule has 0 radical (unpaired) electrons. The summed E-state index contributed by atoms with van der Waals surface area (Å²) < 4.78 is 41.0. The fraction of sp³-hybridized carbons (Fsp3) is 0.655. The molecule has 4 aliphatic rings. The number of primary sulfonamides is 1. The van der Waals surface area contributed by atoms with Gasteiger partial charge in [-0.1, -0.05) is 26.3 Å². The molecule has 0 bridgehead atoms. The molecule has 0 heterocycles. The molecule has 3 unspecified atom stereocenters. The normalized spacial score (nSPS) is 36.4. The first-order valence-corrected chi connectivity index (χ1v) is 15.1. The molecule has 1 aromatic rings. The van der Waals surface area contributed by atoms with Crippen molar-refractivity contribution in [2.45, 2.75) is 76.7 Å². The summed E-state index contributed by atoms with van der Waals surface area (Å²) in [6, 6.07) is 2.44. The molecule has 0 spiro atoms. The first-order valence-electron chi connectivity index (χ1n) is 13.6. The van der Waals surface area contributed by atoms with Crippen molar-refractivity contribution in [1.29, 1.82) is 0 Å². The lowest BCUT2D eigenvalue weighted by atomic mass is 9.45. The van der Waals surface area contributed by atoms with E-state index >= 15 is 0 Å². The number of hydrogen-bond donors (Lipinski definition) is 1. The van der Waals surface area contributed by atoms with Crippen LogP contribution in [0.2, 0.25) is 0 Å². The van der Waals surface area contributed by atoms with E-state index in [-0.39, 0.29) is 44.7 Å². The summed E-state index contributed by atoms with van der Waals surface area (Å²) in [7, 11) is -1.32. The molecular formula is C29H39NO7S. The van der Waals surface area contributed by atoms with E-state index in [2.05, 4.69) is 20.8 Å². The highest BCUT2D eigenvalue weighted by molar-refractivity contribution is 7.89.